The molecule has 12 aromatic rings. The zero-order chi connectivity index (χ0) is 137. The minimum atomic E-state index is -4.58. The highest BCUT2D eigenvalue weighted by molar-refractivity contribution is 7.90. The lowest BCUT2D eigenvalue weighted by atomic mass is 10.1. The molecule has 0 saturated carbocycles. The molecule has 0 spiro atoms. The second-order valence-corrected chi connectivity index (χ2v) is 36.7. The maximum Gasteiger partial charge on any atom is 0.215 e. The summed E-state index contributed by atoms with van der Waals surface area (Å²) in [4.78, 5) is 15.5. The number of nitrogens with one attached hydrogen (secondary N) is 12. The van der Waals surface area contributed by atoms with Crippen molar-refractivity contribution in [3.63, 3.8) is 0 Å². The lowest BCUT2D eigenvalue weighted by molar-refractivity contribution is 0.414. The first-order chi connectivity index (χ1) is 79.3. The van der Waals surface area contributed by atoms with E-state index in [2.05, 4.69) is 15.0 Å². The first-order valence-corrected chi connectivity index (χ1v) is 44.5. The van der Waals surface area contributed by atoms with Gasteiger partial charge in [-0.1, -0.05) is 36.3 Å². The van der Waals surface area contributed by atoms with Gasteiger partial charge in [0.2, 0.25) is 60.1 Å². The van der Waals surface area contributed by atoms with Gasteiger partial charge in [-0.25, -0.2) is 78.8 Å². The Labute approximate surface area is 791 Å². The summed E-state index contributed by atoms with van der Waals surface area (Å²) in [6.07, 6.45) is 6.75. The fourth-order valence-corrected chi connectivity index (χ4v) is 14.0. The van der Waals surface area contributed by atoms with Crippen LogP contribution in [0.15, 0.2) is 146 Å². The number of hydrogen-bond acceptors (Lipinski definition) is 18. The third kappa shape index (κ3) is 31.9. The highest BCUT2D eigenvalue weighted by Crippen LogP contribution is 2.28. The highest BCUT2D eigenvalue weighted by Gasteiger charge is 2.19. The molecule has 0 aliphatic carbocycles. The molecule has 0 atom stereocenters. The summed E-state index contributed by atoms with van der Waals surface area (Å²) in [7, 11) is -13.3. The van der Waals surface area contributed by atoms with Crippen LogP contribution in [0, 0.1) is 0 Å². The van der Waals surface area contributed by atoms with E-state index >= 15 is 0 Å². The normalized spacial score (nSPS) is 20.7. The van der Waals surface area contributed by atoms with E-state index in [1.807, 2.05) is 19.0 Å². The zero-order valence-corrected chi connectivity index (χ0v) is 70.7. The largest absolute Gasteiger partial charge is 0.361 e. The van der Waals surface area contributed by atoms with Crippen molar-refractivity contribution in [2.75, 3.05) is 165 Å². The number of aromatic nitrogens is 6. The van der Waals surface area contributed by atoms with Gasteiger partial charge in [0.15, 0.2) is 4.24 Å². The molecule has 12 rings (SSSR count). The van der Waals surface area contributed by atoms with Gasteiger partial charge >= 0.3 is 0 Å². The summed E-state index contributed by atoms with van der Waals surface area (Å²) in [5.41, 5.74) is -0.481. The molecule has 0 aliphatic rings. The maximum atomic E-state index is 12.2. The molecule has 0 unspecified atom stereocenters. The summed E-state index contributed by atoms with van der Waals surface area (Å²) in [6.45, 7) is -33.6. The Bertz CT molecular complexity index is 8840. The second-order valence-electron chi connectivity index (χ2n) is 26.1. The van der Waals surface area contributed by atoms with Crippen LogP contribution in [0.5, 0.6) is 0 Å². The Kier molecular flexibility index (Phi) is 16.9. The molecule has 36 heteroatoms. The number of nitrogens with zero attached hydrogens (tertiary/aromatic N) is 6. The van der Waals surface area contributed by atoms with Crippen LogP contribution in [-0.4, -0.2) is 275 Å². The minimum absolute atomic E-state index is 0.0118. The molecule has 120 heavy (non-hydrogen) atoms. The Morgan fingerprint density at radius 2 is 0.550 bits per heavy atom. The fraction of sp³-hybridized carbons (Fsp3) is 0.429. The van der Waals surface area contributed by atoms with Crippen LogP contribution in [0.1, 0.15) is 137 Å². The number of rotatable bonds is 36. The fourth-order valence-electron chi connectivity index (χ4n) is 10.3. The van der Waals surface area contributed by atoms with Gasteiger partial charge in [0, 0.05) is 187 Å². The number of H-pyrrole nitrogens is 6. The average Bonchev–Trinajstić information content (AvgIpc) is 1.61. The number of fused-ring (bicyclic) bond motifs is 6. The highest BCUT2D eigenvalue weighted by atomic mass is 32.2. The van der Waals surface area contributed by atoms with Crippen LogP contribution in [0.3, 0.4) is 0 Å². The van der Waals surface area contributed by atoms with Crippen LogP contribution in [0.4, 0.5) is 0 Å². The van der Waals surface area contributed by atoms with E-state index in [4.69, 9.17) is 78.4 Å². The van der Waals surface area contributed by atoms with E-state index in [-0.39, 0.29) is 169 Å². The number of aryl methyl sites for hydroxylation is 3. The summed E-state index contributed by atoms with van der Waals surface area (Å²) >= 11 is 0. The smallest absolute Gasteiger partial charge is 0.215 e. The first kappa shape index (κ1) is 44.9. The number of benzene rings is 6. The van der Waals surface area contributed by atoms with Crippen molar-refractivity contribution in [1.82, 2.24) is 87.6 Å². The summed E-state index contributed by atoms with van der Waals surface area (Å²) in [5.74, 6) is -5.49. The predicted octanol–water partition coefficient (Wildman–Crippen LogP) is 7.93. The van der Waals surface area contributed by atoms with Crippen LogP contribution < -0.4 is 28.3 Å². The number of sulfonamides is 6. The van der Waals surface area contributed by atoms with E-state index in [0.29, 0.717) is 54.5 Å². The molecular formula is C84H126N18O12S6. The first-order valence-electron chi connectivity index (χ1n) is 62.9. The Hall–Kier alpha value is -8.22. The van der Waals surface area contributed by atoms with E-state index in [1.165, 1.54) is 57.1 Å². The van der Waals surface area contributed by atoms with E-state index in [0.717, 1.165) is 49.2 Å². The van der Waals surface area contributed by atoms with Gasteiger partial charge in [-0.2, -0.15) is 0 Å². The Morgan fingerprint density at radius 3 is 0.817 bits per heavy atom. The van der Waals surface area contributed by atoms with E-state index < -0.39 is 286 Å². The third-order valence-corrected chi connectivity index (χ3v) is 22.8. The lowest BCUT2D eigenvalue weighted by Crippen LogP contribution is -2.20. The molecular weight excluding hydrogens is 1650 g/mol. The molecule has 6 aromatic heterocycles. The second kappa shape index (κ2) is 45.2. The van der Waals surface area contributed by atoms with Crippen LogP contribution in [-0.2, 0) is 133 Å². The van der Waals surface area contributed by atoms with Crippen molar-refractivity contribution in [3.8, 4) is 0 Å². The van der Waals surface area contributed by atoms with Crippen molar-refractivity contribution in [1.29, 1.82) is 0 Å². The van der Waals surface area contributed by atoms with Gasteiger partial charge in [0.1, 0.15) is 4.24 Å². The van der Waals surface area contributed by atoms with Gasteiger partial charge in [0.25, 0.3) is 0 Å². The molecule has 0 fully saturated rings. The molecule has 30 nitrogen and oxygen atoms in total. The van der Waals surface area contributed by atoms with Gasteiger partial charge in [-0.15, -0.1) is 0 Å². The number of likely N-dealkylation sites (N-methyl/N-ethyl adjacent to an activating group) is 6. The summed E-state index contributed by atoms with van der Waals surface area (Å²) in [5, 5.41) is 0.321. The van der Waals surface area contributed by atoms with Gasteiger partial charge in [-0.05, 0) is 304 Å². The molecule has 0 amide bonds. The zero-order valence-electron chi connectivity index (χ0n) is 123. The number of hydrogen-bond donors (Lipinski definition) is 12. The SMILES string of the molecule is [2H]c1c(CS(=O)(=O)N([2H])C)c([2H])c2c(CCN(C([2H])([2H])[2H])C([2H])([2H])[2H])cn([2H])c2c1[2H].[2H]c1c(CS(=O)(=O)N([2H])C)c([2H])c2c(CCN(C)C([2H])([2H])[2H])cn([2H])c2c1[2H].[2H]c1c(CS(=O)(=O)N([2H])C)c([2H])c2c(CCN(C)C)cn([2H])c2c1[2H].[2H]c1c(CS(=O)(=O)NC([2H])([2H])[2H])c([2H])c2c(CC([2H])([2H])N(C([2H])([2H])[2H])C([2H])([2H])[2H])c[nH]c2c1[2H].[2H]c1c(CS(=O)(=O)NC([2H])([2H])[2H])c([2H])c2c(CC([2H])([2H])N(C)C([2H])([2H])[2H])c[nH]c2c1[2H].[2H]c1c(CS(=O)(=O)NC([2H])([2H])[2H])c([2H])c2c(CC([2H])([2H])N(C)C)c[nH]c2c1[2H]. The average molecular weight is 1830 g/mol. The van der Waals surface area contributed by atoms with Gasteiger partial charge in [-0.3, -0.25) is 0 Å². The lowest BCUT2D eigenvalue weighted by Gasteiger charge is -2.08. The van der Waals surface area contributed by atoms with Crippen LogP contribution in [0.2, 0.25) is 8.47 Å². The molecule has 0 bridgehead atoms. The van der Waals surface area contributed by atoms with Crippen molar-refractivity contribution in [2.45, 2.75) is 73.0 Å². The van der Waals surface area contributed by atoms with E-state index in [1.54, 1.807) is 14.1 Å². The van der Waals surface area contributed by atoms with Crippen molar-refractivity contribution in [2.24, 2.45) is 0 Å². The van der Waals surface area contributed by atoms with Gasteiger partial charge < -0.3 is 59.3 Å². The van der Waals surface area contributed by atoms with Crippen molar-refractivity contribution in [3.05, 3.63) is 213 Å². The Morgan fingerprint density at radius 1 is 0.308 bits per heavy atom. The Balaban J connectivity index is 0.000000284. The van der Waals surface area contributed by atoms with Gasteiger partial charge in [0.05, 0.1) is 59.2 Å². The van der Waals surface area contributed by atoms with Crippen molar-refractivity contribution < 1.29 is 129 Å². The molecule has 6 heterocycles. The van der Waals surface area contributed by atoms with E-state index in [9.17, 15) is 50.5 Å². The molecule has 660 valence electrons. The van der Waals surface area contributed by atoms with Crippen molar-refractivity contribution >= 4 is 126 Å². The molecule has 0 saturated heterocycles. The van der Waals surface area contributed by atoms with Crippen LogP contribution >= 0.6 is 0 Å². The topological polar surface area (TPSA) is 391 Å². The molecule has 0 aliphatic heterocycles. The molecule has 12 N–H and O–H groups in total. The maximum absolute atomic E-state index is 12.2. The third-order valence-electron chi connectivity index (χ3n) is 16.2. The molecule has 6 aromatic carbocycles. The summed E-state index contributed by atoms with van der Waals surface area (Å²) < 4.78 is 590. The minimum Gasteiger partial charge on any atom is -0.361 e. The standard InChI is InChI=1S/6C14H21N3O2S/c6*1-15-20(18,19)10-11-4-5-14-13(8-11)12(9-16-14)6-7-17(2)3/h6*4-5,8-9,15-16H,6-7,10H2,1-3H3/i1D3,2D3,3D3,4D,5D,7D2,8D;1D3,2D3,4D,5D,7D2,8D;2D3,3D3,4D,5D,8D;1D3,4D,5D,7D2,8D;2D3,4D,5D,8D;4D,5D,8D/hD6. The number of aromatic amines is 6. The quantitative estimate of drug-likeness (QED) is 0.0177. The predicted molar refractivity (Wildman–Crippen MR) is 493 cm³/mol. The molecule has 0 radical (unpaired) electrons. The summed E-state index contributed by atoms with van der Waals surface area (Å²) in [6, 6.07) is -8.18. The van der Waals surface area contributed by atoms with Crippen LogP contribution in [0.25, 0.3) is 65.4 Å². The monoisotopic (exact) mass is 1830 g/mol.